The van der Waals surface area contributed by atoms with Crippen LogP contribution in [0.2, 0.25) is 0 Å². The van der Waals surface area contributed by atoms with Gasteiger partial charge in [0.25, 0.3) is 10.1 Å². The first-order chi connectivity index (χ1) is 20.8. The fourth-order valence-electron chi connectivity index (χ4n) is 4.12. The number of carboxylic acid groups (broad SMARTS) is 2. The van der Waals surface area contributed by atoms with Crippen LogP contribution in [0, 0.1) is 0 Å². The van der Waals surface area contributed by atoms with Gasteiger partial charge in [0.2, 0.25) is 0 Å². The first kappa shape index (κ1) is 31.3. The summed E-state index contributed by atoms with van der Waals surface area (Å²) in [5, 5.41) is 38.3. The number of azo groups is 1. The maximum Gasteiger partial charge on any atom is 0.335 e. The Labute approximate surface area is 250 Å². The van der Waals surface area contributed by atoms with Crippen LogP contribution in [0.15, 0.2) is 69.7 Å². The number of nitrogen functional groups attached to an aromatic ring is 1. The summed E-state index contributed by atoms with van der Waals surface area (Å²) in [5.41, 5.74) is 10.8. The van der Waals surface area contributed by atoms with E-state index in [-0.39, 0.29) is 64.0 Å². The highest BCUT2D eigenvalue weighted by molar-refractivity contribution is 7.86. The Hall–Kier alpha value is -5.61. The highest BCUT2D eigenvalue weighted by Gasteiger charge is 2.23. The third-order valence-electron chi connectivity index (χ3n) is 6.05. The van der Waals surface area contributed by atoms with Gasteiger partial charge in [0.1, 0.15) is 33.5 Å². The summed E-state index contributed by atoms with van der Waals surface area (Å²) in [6.07, 6.45) is 0. The molecule has 0 saturated carbocycles. The molecule has 0 fully saturated rings. The van der Waals surface area contributed by atoms with Gasteiger partial charge in [-0.3, -0.25) is 15.4 Å². The van der Waals surface area contributed by atoms with Crippen LogP contribution in [0.25, 0.3) is 10.8 Å². The number of phenolic OH excluding ortho intramolecular Hbond substituents is 1. The Morgan fingerprint density at radius 2 is 1.50 bits per heavy atom. The molecule has 4 rings (SSSR count). The summed E-state index contributed by atoms with van der Waals surface area (Å²) in [4.78, 5) is 22.3. The Bertz CT molecular complexity index is 1880. The summed E-state index contributed by atoms with van der Waals surface area (Å²) < 4.78 is 45.7. The smallest absolute Gasteiger partial charge is 0.335 e. The lowest BCUT2D eigenvalue weighted by Gasteiger charge is -2.19. The second kappa shape index (κ2) is 12.7. The molecule has 0 atom stereocenters. The van der Waals surface area contributed by atoms with Gasteiger partial charge in [-0.2, -0.15) is 13.5 Å². The topological polar surface area (TPSA) is 242 Å². The first-order valence-corrected chi connectivity index (χ1v) is 14.3. The molecule has 0 spiro atoms. The lowest BCUT2D eigenvalue weighted by atomic mass is 10.1. The van der Waals surface area contributed by atoms with Crippen molar-refractivity contribution in [1.82, 2.24) is 0 Å². The van der Waals surface area contributed by atoms with Crippen molar-refractivity contribution in [3.05, 3.63) is 65.7 Å². The molecular weight excluding hydrogens is 598 g/mol. The molecule has 0 aliphatic carbocycles. The maximum atomic E-state index is 12.2. The number of nitrogens with two attached hydrogens (primary N) is 1. The van der Waals surface area contributed by atoms with Crippen LogP contribution in [-0.4, -0.2) is 53.4 Å². The van der Waals surface area contributed by atoms with E-state index < -0.39 is 32.7 Å². The van der Waals surface area contributed by atoms with Crippen molar-refractivity contribution in [1.29, 1.82) is 0 Å². The zero-order valence-electron chi connectivity index (χ0n) is 23.2. The number of aromatic hydroxyl groups is 1. The predicted octanol–water partition coefficient (Wildman–Crippen LogP) is 5.42. The number of nitrogens with zero attached hydrogens (tertiary/aromatic N) is 2. The van der Waals surface area contributed by atoms with E-state index in [0.717, 1.165) is 18.2 Å². The molecule has 4 aromatic carbocycles. The van der Waals surface area contributed by atoms with Crippen molar-refractivity contribution < 1.29 is 47.4 Å². The van der Waals surface area contributed by atoms with E-state index in [4.69, 9.17) is 15.2 Å². The van der Waals surface area contributed by atoms with E-state index in [1.54, 1.807) is 13.8 Å². The summed E-state index contributed by atoms with van der Waals surface area (Å²) in [6.45, 7) is 3.77. The van der Waals surface area contributed by atoms with Crippen LogP contribution < -0.4 is 26.1 Å². The number of nitrogens with one attached hydrogen (secondary N) is 2. The van der Waals surface area contributed by atoms with Gasteiger partial charge in [-0.15, -0.1) is 5.11 Å². The minimum atomic E-state index is -4.81. The fourth-order valence-corrected chi connectivity index (χ4v) is 4.80. The Morgan fingerprint density at radius 3 is 2.09 bits per heavy atom. The van der Waals surface area contributed by atoms with Crippen LogP contribution in [-0.2, 0) is 10.1 Å². The lowest BCUT2D eigenvalue weighted by molar-refractivity contribution is 0.0696. The quantitative estimate of drug-likeness (QED) is 0.0342. The van der Waals surface area contributed by atoms with Crippen molar-refractivity contribution in [2.45, 2.75) is 18.7 Å². The number of carbonyl (C=O) groups is 2. The van der Waals surface area contributed by atoms with E-state index in [2.05, 4.69) is 21.1 Å². The normalized spacial score (nSPS) is 11.4. The Kier molecular flexibility index (Phi) is 9.06. The molecule has 0 amide bonds. The van der Waals surface area contributed by atoms with Crippen LogP contribution >= 0.6 is 0 Å². The largest absolute Gasteiger partial charge is 0.505 e. The molecule has 15 nitrogen and oxygen atoms in total. The SMILES string of the molecule is CCOc1cc(NNc2c(S(=O)(=O)O)cc3ccc(N)cc3c2O)c(OCC)cc1/N=N\c1cc(C(=O)O)cc(C(=O)O)c1. The van der Waals surface area contributed by atoms with Crippen molar-refractivity contribution in [3.8, 4) is 17.2 Å². The lowest BCUT2D eigenvalue weighted by Crippen LogP contribution is -2.14. The molecular formula is C28H27N5O10S. The highest BCUT2D eigenvalue weighted by Crippen LogP contribution is 2.42. The molecule has 0 unspecified atom stereocenters. The Morgan fingerprint density at radius 1 is 0.864 bits per heavy atom. The van der Waals surface area contributed by atoms with E-state index in [1.807, 2.05) is 0 Å². The summed E-state index contributed by atoms with van der Waals surface area (Å²) >= 11 is 0. The van der Waals surface area contributed by atoms with Gasteiger partial charge < -0.3 is 30.5 Å². The van der Waals surface area contributed by atoms with Gasteiger partial charge in [0.15, 0.2) is 0 Å². The molecule has 0 heterocycles. The average molecular weight is 626 g/mol. The molecule has 0 saturated heterocycles. The van der Waals surface area contributed by atoms with E-state index in [9.17, 15) is 37.9 Å². The maximum absolute atomic E-state index is 12.2. The molecule has 0 aromatic heterocycles. The summed E-state index contributed by atoms with van der Waals surface area (Å²) in [7, 11) is -4.81. The van der Waals surface area contributed by atoms with E-state index >= 15 is 0 Å². The molecule has 4 aromatic rings. The Balaban J connectivity index is 1.77. The monoisotopic (exact) mass is 625 g/mol. The third kappa shape index (κ3) is 6.88. The minimum absolute atomic E-state index is 0.0447. The number of fused-ring (bicyclic) bond motifs is 1. The van der Waals surface area contributed by atoms with Crippen LogP contribution in [0.1, 0.15) is 34.6 Å². The molecule has 44 heavy (non-hydrogen) atoms. The van der Waals surface area contributed by atoms with Gasteiger partial charge in [0, 0.05) is 23.2 Å². The number of hydrazine groups is 1. The molecule has 230 valence electrons. The first-order valence-electron chi connectivity index (χ1n) is 12.8. The number of benzene rings is 4. The van der Waals surface area contributed by atoms with Crippen molar-refractivity contribution in [2.24, 2.45) is 10.2 Å². The van der Waals surface area contributed by atoms with E-state index in [1.165, 1.54) is 36.4 Å². The molecule has 0 bridgehead atoms. The third-order valence-corrected chi connectivity index (χ3v) is 6.93. The van der Waals surface area contributed by atoms with Gasteiger partial charge in [0.05, 0.1) is 35.7 Å². The molecule has 0 aliphatic rings. The van der Waals surface area contributed by atoms with Crippen molar-refractivity contribution in [2.75, 3.05) is 29.8 Å². The summed E-state index contributed by atoms with van der Waals surface area (Å²) in [5.74, 6) is -2.88. The van der Waals surface area contributed by atoms with Gasteiger partial charge >= 0.3 is 11.9 Å². The van der Waals surface area contributed by atoms with E-state index in [0.29, 0.717) is 11.1 Å². The number of ether oxygens (including phenoxy) is 2. The zero-order chi connectivity index (χ0) is 32.2. The number of hydrogen-bond donors (Lipinski definition) is 7. The van der Waals surface area contributed by atoms with Gasteiger partial charge in [-0.25, -0.2) is 9.59 Å². The fraction of sp³-hybridized carbons (Fsp3) is 0.143. The average Bonchev–Trinajstić information content (AvgIpc) is 2.96. The second-order valence-corrected chi connectivity index (χ2v) is 10.5. The number of aromatic carboxylic acids is 2. The van der Waals surface area contributed by atoms with Crippen molar-refractivity contribution in [3.63, 3.8) is 0 Å². The molecule has 16 heteroatoms. The highest BCUT2D eigenvalue weighted by atomic mass is 32.2. The number of rotatable bonds is 12. The van der Waals surface area contributed by atoms with Crippen LogP contribution in [0.3, 0.4) is 0 Å². The zero-order valence-corrected chi connectivity index (χ0v) is 24.0. The molecule has 0 radical (unpaired) electrons. The minimum Gasteiger partial charge on any atom is -0.505 e. The summed E-state index contributed by atoms with van der Waals surface area (Å²) in [6, 6.07) is 11.8. The standard InChI is InChI=1S/C28H27N5O10S/c1-3-42-22-13-21(32-33-25-24(44(39,40)41)10-14-5-6-17(29)11-19(14)26(25)34)23(43-4-2)12-20(22)31-30-18-8-15(27(35)36)7-16(9-18)28(37)38/h5-13,32-34H,3-4,29H2,1-2H3,(H,35,36)(H,37,38)(H,39,40,41)/b31-30-. The molecule has 8 N–H and O–H groups in total. The van der Waals surface area contributed by atoms with Crippen molar-refractivity contribution >= 4 is 61.3 Å². The van der Waals surface area contributed by atoms with Gasteiger partial charge in [-0.05, 0) is 55.6 Å². The number of anilines is 3. The number of carboxylic acids is 2. The van der Waals surface area contributed by atoms with Crippen LogP contribution in [0.5, 0.6) is 17.2 Å². The van der Waals surface area contributed by atoms with Crippen LogP contribution in [0.4, 0.5) is 28.4 Å². The predicted molar refractivity (Wildman–Crippen MR) is 160 cm³/mol. The molecule has 0 aliphatic heterocycles. The number of phenols is 1. The second-order valence-electron chi connectivity index (χ2n) is 9.06. The number of hydrogen-bond acceptors (Lipinski definition) is 12. The van der Waals surface area contributed by atoms with Gasteiger partial charge in [-0.1, -0.05) is 6.07 Å².